The zero-order chi connectivity index (χ0) is 15.1. The summed E-state index contributed by atoms with van der Waals surface area (Å²) in [6.07, 6.45) is 1.19. The van der Waals surface area contributed by atoms with Crippen molar-refractivity contribution in [2.45, 2.75) is 32.6 Å². The highest BCUT2D eigenvalue weighted by Gasteiger charge is 2.16. The maximum atomic E-state index is 12.9. The van der Waals surface area contributed by atoms with E-state index in [4.69, 9.17) is 4.74 Å². The van der Waals surface area contributed by atoms with E-state index in [-0.39, 0.29) is 25.0 Å². The first-order valence-electron chi connectivity index (χ1n) is 6.29. The lowest BCUT2D eigenvalue weighted by molar-refractivity contribution is -0.143. The predicted molar refractivity (Wildman–Crippen MR) is 65.7 cm³/mol. The summed E-state index contributed by atoms with van der Waals surface area (Å²) in [5, 5.41) is 0. The van der Waals surface area contributed by atoms with Gasteiger partial charge in [-0.25, -0.2) is 13.2 Å². The van der Waals surface area contributed by atoms with Crippen molar-refractivity contribution in [1.29, 1.82) is 0 Å². The standard InChI is InChI=1S/C14H15F3O3/c1-2-3-6-20-13(19)5-4-12(18)9-7-10(15)14(17)11(16)8-9/h7-8H,2-6H2,1H3. The van der Waals surface area contributed by atoms with Crippen LogP contribution in [0.2, 0.25) is 0 Å². The van der Waals surface area contributed by atoms with E-state index in [1.807, 2.05) is 6.92 Å². The minimum atomic E-state index is -1.62. The van der Waals surface area contributed by atoms with Crippen LogP contribution in [0.3, 0.4) is 0 Å². The Labute approximate surface area is 114 Å². The number of hydrogen-bond acceptors (Lipinski definition) is 3. The first kappa shape index (κ1) is 16.2. The van der Waals surface area contributed by atoms with E-state index in [0.717, 1.165) is 12.8 Å². The molecule has 0 aliphatic rings. The van der Waals surface area contributed by atoms with E-state index in [1.165, 1.54) is 0 Å². The summed E-state index contributed by atoms with van der Waals surface area (Å²) >= 11 is 0. The Morgan fingerprint density at radius 2 is 1.70 bits per heavy atom. The first-order chi connectivity index (χ1) is 9.45. The molecule has 0 saturated carbocycles. The number of rotatable bonds is 7. The summed E-state index contributed by atoms with van der Waals surface area (Å²) in [6, 6.07) is 1.23. The number of ketones is 1. The molecule has 6 heteroatoms. The smallest absolute Gasteiger partial charge is 0.306 e. The molecule has 0 unspecified atom stereocenters. The number of ether oxygens (including phenoxy) is 1. The van der Waals surface area contributed by atoms with Crippen molar-refractivity contribution in [3.63, 3.8) is 0 Å². The molecule has 0 heterocycles. The normalized spacial score (nSPS) is 10.4. The highest BCUT2D eigenvalue weighted by atomic mass is 19.2. The number of carbonyl (C=O) groups is 2. The van der Waals surface area contributed by atoms with Crippen molar-refractivity contribution in [2.75, 3.05) is 6.61 Å². The molecule has 0 spiro atoms. The number of unbranched alkanes of at least 4 members (excludes halogenated alkanes) is 1. The Balaban J connectivity index is 2.53. The van der Waals surface area contributed by atoms with Crippen molar-refractivity contribution in [3.8, 4) is 0 Å². The molecule has 0 saturated heterocycles. The van der Waals surface area contributed by atoms with Crippen LogP contribution < -0.4 is 0 Å². The Bertz CT molecular complexity index is 477. The number of carbonyl (C=O) groups excluding carboxylic acids is 2. The Hall–Kier alpha value is -1.85. The summed E-state index contributed by atoms with van der Waals surface area (Å²) in [5.74, 6) is -5.68. The molecule has 0 aliphatic heterocycles. The van der Waals surface area contributed by atoms with Crippen molar-refractivity contribution in [2.24, 2.45) is 0 Å². The van der Waals surface area contributed by atoms with Crippen LogP contribution in [-0.2, 0) is 9.53 Å². The average molecular weight is 288 g/mol. The fourth-order valence-electron chi connectivity index (χ4n) is 1.48. The molecular weight excluding hydrogens is 273 g/mol. The summed E-state index contributed by atoms with van der Waals surface area (Å²) in [7, 11) is 0. The third-order valence-electron chi connectivity index (χ3n) is 2.62. The summed E-state index contributed by atoms with van der Waals surface area (Å²) < 4.78 is 43.5. The second kappa shape index (κ2) is 7.67. The second-order valence-electron chi connectivity index (χ2n) is 4.25. The number of Topliss-reactive ketones (excluding diaryl/α,β-unsaturated/α-hetero) is 1. The zero-order valence-electron chi connectivity index (χ0n) is 11.0. The Morgan fingerprint density at radius 3 is 2.25 bits per heavy atom. The molecule has 0 bridgehead atoms. The fourth-order valence-corrected chi connectivity index (χ4v) is 1.48. The van der Waals surface area contributed by atoms with Crippen molar-refractivity contribution in [3.05, 3.63) is 35.1 Å². The van der Waals surface area contributed by atoms with Crippen LogP contribution in [-0.4, -0.2) is 18.4 Å². The topological polar surface area (TPSA) is 43.4 Å². The van der Waals surface area contributed by atoms with E-state index >= 15 is 0 Å². The van der Waals surface area contributed by atoms with Crippen LogP contribution in [0.1, 0.15) is 43.0 Å². The zero-order valence-corrected chi connectivity index (χ0v) is 11.0. The average Bonchev–Trinajstić information content (AvgIpc) is 2.41. The van der Waals surface area contributed by atoms with Gasteiger partial charge in [0.25, 0.3) is 0 Å². The highest BCUT2D eigenvalue weighted by Crippen LogP contribution is 2.15. The van der Waals surface area contributed by atoms with Crippen LogP contribution in [0.5, 0.6) is 0 Å². The van der Waals surface area contributed by atoms with Gasteiger partial charge in [0, 0.05) is 12.0 Å². The second-order valence-corrected chi connectivity index (χ2v) is 4.25. The molecule has 0 aliphatic carbocycles. The van der Waals surface area contributed by atoms with Gasteiger partial charge in [-0.3, -0.25) is 9.59 Å². The van der Waals surface area contributed by atoms with E-state index in [2.05, 4.69) is 0 Å². The molecule has 1 aromatic rings. The summed E-state index contributed by atoms with van der Waals surface area (Å²) in [5.41, 5.74) is -0.303. The van der Waals surface area contributed by atoms with Gasteiger partial charge in [-0.15, -0.1) is 0 Å². The lowest BCUT2D eigenvalue weighted by Gasteiger charge is -2.04. The Morgan fingerprint density at radius 1 is 1.10 bits per heavy atom. The third kappa shape index (κ3) is 4.68. The molecule has 1 rings (SSSR count). The maximum absolute atomic E-state index is 12.9. The molecule has 0 atom stereocenters. The predicted octanol–water partition coefficient (Wildman–Crippen LogP) is 3.41. The SMILES string of the molecule is CCCCOC(=O)CCC(=O)c1cc(F)c(F)c(F)c1. The fraction of sp³-hybridized carbons (Fsp3) is 0.429. The van der Waals surface area contributed by atoms with Gasteiger partial charge in [-0.2, -0.15) is 0 Å². The minimum absolute atomic E-state index is 0.177. The molecule has 20 heavy (non-hydrogen) atoms. The molecular formula is C14H15F3O3. The lowest BCUT2D eigenvalue weighted by atomic mass is 10.1. The van der Waals surface area contributed by atoms with Gasteiger partial charge in [0.05, 0.1) is 13.0 Å². The Kier molecular flexibility index (Phi) is 6.21. The monoisotopic (exact) mass is 288 g/mol. The van der Waals surface area contributed by atoms with Crippen LogP contribution in [0, 0.1) is 17.5 Å². The third-order valence-corrected chi connectivity index (χ3v) is 2.62. The molecule has 3 nitrogen and oxygen atoms in total. The molecule has 0 radical (unpaired) electrons. The van der Waals surface area contributed by atoms with Gasteiger partial charge in [0.15, 0.2) is 23.2 Å². The van der Waals surface area contributed by atoms with Gasteiger partial charge < -0.3 is 4.74 Å². The number of hydrogen-bond donors (Lipinski definition) is 0. The van der Waals surface area contributed by atoms with Gasteiger partial charge in [-0.05, 0) is 18.6 Å². The van der Waals surface area contributed by atoms with Gasteiger partial charge in [-0.1, -0.05) is 13.3 Å². The van der Waals surface area contributed by atoms with E-state index < -0.39 is 29.2 Å². The lowest BCUT2D eigenvalue weighted by Crippen LogP contribution is -2.10. The van der Waals surface area contributed by atoms with Gasteiger partial charge in [0.2, 0.25) is 0 Å². The van der Waals surface area contributed by atoms with Crippen LogP contribution >= 0.6 is 0 Å². The quantitative estimate of drug-likeness (QED) is 0.334. The van der Waals surface area contributed by atoms with Gasteiger partial charge >= 0.3 is 5.97 Å². The summed E-state index contributed by atoms with van der Waals surface area (Å²) in [4.78, 5) is 22.9. The molecule has 0 amide bonds. The minimum Gasteiger partial charge on any atom is -0.466 e. The highest BCUT2D eigenvalue weighted by molar-refractivity contribution is 5.97. The number of benzene rings is 1. The van der Waals surface area contributed by atoms with Gasteiger partial charge in [0.1, 0.15) is 0 Å². The van der Waals surface area contributed by atoms with E-state index in [9.17, 15) is 22.8 Å². The van der Waals surface area contributed by atoms with Crippen molar-refractivity contribution in [1.82, 2.24) is 0 Å². The van der Waals surface area contributed by atoms with E-state index in [1.54, 1.807) is 0 Å². The number of esters is 1. The van der Waals surface area contributed by atoms with Crippen molar-refractivity contribution < 1.29 is 27.5 Å². The molecule has 1 aromatic carbocycles. The van der Waals surface area contributed by atoms with Crippen LogP contribution in [0.15, 0.2) is 12.1 Å². The molecule has 110 valence electrons. The maximum Gasteiger partial charge on any atom is 0.306 e. The van der Waals surface area contributed by atoms with Crippen LogP contribution in [0.25, 0.3) is 0 Å². The first-order valence-corrected chi connectivity index (χ1v) is 6.29. The van der Waals surface area contributed by atoms with E-state index in [0.29, 0.717) is 12.1 Å². The van der Waals surface area contributed by atoms with Crippen molar-refractivity contribution >= 4 is 11.8 Å². The number of halogens is 3. The molecule has 0 N–H and O–H groups in total. The van der Waals surface area contributed by atoms with Crippen LogP contribution in [0.4, 0.5) is 13.2 Å². The molecule has 0 aromatic heterocycles. The molecule has 0 fully saturated rings. The summed E-state index contributed by atoms with van der Waals surface area (Å²) in [6.45, 7) is 2.22. The largest absolute Gasteiger partial charge is 0.466 e.